The fourth-order valence-corrected chi connectivity index (χ4v) is 4.35. The maximum atomic E-state index is 13.8. The van der Waals surface area contributed by atoms with Gasteiger partial charge in [0.1, 0.15) is 5.82 Å². The highest BCUT2D eigenvalue weighted by Crippen LogP contribution is 2.28. The molecule has 1 N–H and O–H groups in total. The number of nitrogens with zero attached hydrogens (tertiary/aromatic N) is 1. The zero-order valence-electron chi connectivity index (χ0n) is 15.7. The number of rotatable bonds is 6. The highest BCUT2D eigenvalue weighted by molar-refractivity contribution is 14.1. The second-order valence-electron chi connectivity index (χ2n) is 6.20. The first-order chi connectivity index (χ1) is 12.3. The third-order valence-electron chi connectivity index (χ3n) is 4.46. The molecule has 1 aromatic heterocycles. The Bertz CT molecular complexity index is 837. The van der Waals surface area contributed by atoms with Gasteiger partial charge in [0, 0.05) is 15.0 Å². The van der Waals surface area contributed by atoms with Crippen molar-refractivity contribution in [3.05, 3.63) is 67.8 Å². The van der Waals surface area contributed by atoms with Crippen molar-refractivity contribution < 1.29 is 9.18 Å². The molecular weight excluding hydrogens is 442 g/mol. The standard InChI is InChI=1S/C21H24FIN2O/c1-6-9-17-12(4)24-13(5)18(19(17)23)21(26)25-20-14(7-2)10-16(22)11-15(20)8-3/h6,10-11H,1,7-9H2,2-5H3,(H,25,26). The van der Waals surface area contributed by atoms with Gasteiger partial charge in [-0.2, -0.15) is 0 Å². The Morgan fingerprint density at radius 3 is 2.31 bits per heavy atom. The Morgan fingerprint density at radius 2 is 1.81 bits per heavy atom. The average molecular weight is 466 g/mol. The van der Waals surface area contributed by atoms with Crippen molar-refractivity contribution in [2.45, 2.75) is 47.0 Å². The minimum atomic E-state index is -0.271. The summed E-state index contributed by atoms with van der Waals surface area (Å²) in [6.07, 6.45) is 3.76. The number of nitrogens with one attached hydrogen (secondary N) is 1. The van der Waals surface area contributed by atoms with Crippen LogP contribution in [0.5, 0.6) is 0 Å². The molecule has 2 rings (SSSR count). The lowest BCUT2D eigenvalue weighted by molar-refractivity contribution is 0.102. The summed E-state index contributed by atoms with van der Waals surface area (Å²) in [6, 6.07) is 2.98. The number of anilines is 1. The van der Waals surface area contributed by atoms with E-state index in [4.69, 9.17) is 0 Å². The quantitative estimate of drug-likeness (QED) is 0.448. The van der Waals surface area contributed by atoms with Gasteiger partial charge in [0.15, 0.2) is 0 Å². The summed E-state index contributed by atoms with van der Waals surface area (Å²) in [5.74, 6) is -0.478. The number of allylic oxidation sites excluding steroid dienone is 1. The van der Waals surface area contributed by atoms with Crippen LogP contribution in [0.2, 0.25) is 0 Å². The second-order valence-corrected chi connectivity index (χ2v) is 7.28. The first-order valence-corrected chi connectivity index (χ1v) is 9.80. The summed E-state index contributed by atoms with van der Waals surface area (Å²) >= 11 is 2.21. The maximum absolute atomic E-state index is 13.8. The first kappa shape index (κ1) is 20.6. The van der Waals surface area contributed by atoms with Crippen LogP contribution in [-0.2, 0) is 19.3 Å². The molecule has 0 saturated heterocycles. The van der Waals surface area contributed by atoms with Crippen LogP contribution in [0.15, 0.2) is 24.8 Å². The lowest BCUT2D eigenvalue weighted by Gasteiger charge is -2.18. The monoisotopic (exact) mass is 466 g/mol. The SMILES string of the molecule is C=CCc1c(C)nc(C)c(C(=O)Nc2c(CC)cc(F)cc2CC)c1I. The molecule has 0 aliphatic heterocycles. The van der Waals surface area contributed by atoms with Crippen molar-refractivity contribution in [3.8, 4) is 0 Å². The highest BCUT2D eigenvalue weighted by Gasteiger charge is 2.21. The summed E-state index contributed by atoms with van der Waals surface area (Å²) in [7, 11) is 0. The number of carbonyl (C=O) groups excluding carboxylic acids is 1. The van der Waals surface area contributed by atoms with E-state index in [1.165, 1.54) is 12.1 Å². The molecule has 0 atom stereocenters. The van der Waals surface area contributed by atoms with Crippen LogP contribution in [-0.4, -0.2) is 10.9 Å². The number of benzene rings is 1. The number of carbonyl (C=O) groups is 1. The molecule has 5 heteroatoms. The molecule has 0 aliphatic carbocycles. The van der Waals surface area contributed by atoms with Gasteiger partial charge in [0.05, 0.1) is 11.3 Å². The van der Waals surface area contributed by atoms with Crippen LogP contribution in [0.3, 0.4) is 0 Å². The molecule has 3 nitrogen and oxygen atoms in total. The zero-order valence-corrected chi connectivity index (χ0v) is 17.8. The number of pyridine rings is 1. The molecule has 2 aromatic rings. The number of hydrogen-bond acceptors (Lipinski definition) is 2. The van der Waals surface area contributed by atoms with E-state index in [1.54, 1.807) is 0 Å². The van der Waals surface area contributed by atoms with Gasteiger partial charge in [-0.1, -0.05) is 19.9 Å². The van der Waals surface area contributed by atoms with Gasteiger partial charge >= 0.3 is 0 Å². The van der Waals surface area contributed by atoms with Gasteiger partial charge in [0.25, 0.3) is 5.91 Å². The normalized spacial score (nSPS) is 10.7. The highest BCUT2D eigenvalue weighted by atomic mass is 127. The van der Waals surface area contributed by atoms with E-state index < -0.39 is 0 Å². The van der Waals surface area contributed by atoms with Gasteiger partial charge in [-0.15, -0.1) is 6.58 Å². The second kappa shape index (κ2) is 8.75. The smallest absolute Gasteiger partial charge is 0.258 e. The molecule has 1 heterocycles. The topological polar surface area (TPSA) is 42.0 Å². The molecule has 1 aromatic carbocycles. The van der Waals surface area contributed by atoms with E-state index in [9.17, 15) is 9.18 Å². The largest absolute Gasteiger partial charge is 0.321 e. The van der Waals surface area contributed by atoms with E-state index in [2.05, 4.69) is 39.5 Å². The molecule has 0 radical (unpaired) electrons. The van der Waals surface area contributed by atoms with Crippen molar-refractivity contribution in [2.24, 2.45) is 0 Å². The number of amides is 1. The Hall–Kier alpha value is -1.76. The lowest BCUT2D eigenvalue weighted by atomic mass is 10.0. The molecule has 0 aliphatic rings. The fourth-order valence-electron chi connectivity index (χ4n) is 3.11. The van der Waals surface area contributed by atoms with Crippen molar-refractivity contribution in [3.63, 3.8) is 0 Å². The molecule has 0 unspecified atom stereocenters. The molecule has 0 bridgehead atoms. The molecular formula is C21H24FIN2O. The van der Waals surface area contributed by atoms with Crippen LogP contribution in [0.1, 0.15) is 52.3 Å². The summed E-state index contributed by atoms with van der Waals surface area (Å²) in [5.41, 5.74) is 5.50. The fraction of sp³-hybridized carbons (Fsp3) is 0.333. The zero-order chi connectivity index (χ0) is 19.4. The predicted octanol–water partition coefficient (Wildman–Crippen LogP) is 5.55. The van der Waals surface area contributed by atoms with Crippen molar-refractivity contribution in [1.82, 2.24) is 4.98 Å². The van der Waals surface area contributed by atoms with Crippen LogP contribution in [0, 0.1) is 23.2 Å². The molecule has 0 fully saturated rings. The number of aryl methyl sites for hydroxylation is 4. The minimum Gasteiger partial charge on any atom is -0.321 e. The minimum absolute atomic E-state index is 0.208. The van der Waals surface area contributed by atoms with E-state index in [-0.39, 0.29) is 11.7 Å². The summed E-state index contributed by atoms with van der Waals surface area (Å²) in [4.78, 5) is 17.6. The Morgan fingerprint density at radius 1 is 1.23 bits per heavy atom. The number of halogens is 2. The summed E-state index contributed by atoms with van der Waals surface area (Å²) in [6.45, 7) is 11.5. The number of hydrogen-bond donors (Lipinski definition) is 1. The molecule has 26 heavy (non-hydrogen) atoms. The van der Waals surface area contributed by atoms with E-state index >= 15 is 0 Å². The Kier molecular flexibility index (Phi) is 6.92. The van der Waals surface area contributed by atoms with E-state index in [0.717, 1.165) is 26.0 Å². The van der Waals surface area contributed by atoms with Crippen LogP contribution in [0.4, 0.5) is 10.1 Å². The van der Waals surface area contributed by atoms with Gasteiger partial charge < -0.3 is 5.32 Å². The molecule has 0 spiro atoms. The third-order valence-corrected chi connectivity index (χ3v) is 5.65. The van der Waals surface area contributed by atoms with E-state index in [1.807, 2.05) is 33.8 Å². The van der Waals surface area contributed by atoms with Crippen LogP contribution in [0.25, 0.3) is 0 Å². The van der Waals surface area contributed by atoms with Crippen molar-refractivity contribution >= 4 is 34.2 Å². The van der Waals surface area contributed by atoms with Crippen LogP contribution < -0.4 is 5.32 Å². The van der Waals surface area contributed by atoms with Gasteiger partial charge in [-0.25, -0.2) is 4.39 Å². The Labute approximate surface area is 168 Å². The first-order valence-electron chi connectivity index (χ1n) is 8.73. The van der Waals surface area contributed by atoms with Crippen LogP contribution >= 0.6 is 22.6 Å². The van der Waals surface area contributed by atoms with E-state index in [0.29, 0.717) is 36.2 Å². The van der Waals surface area contributed by atoms with Crippen molar-refractivity contribution in [1.29, 1.82) is 0 Å². The lowest BCUT2D eigenvalue weighted by Crippen LogP contribution is -2.20. The van der Waals surface area contributed by atoms with Gasteiger partial charge in [0.2, 0.25) is 0 Å². The van der Waals surface area contributed by atoms with Crippen molar-refractivity contribution in [2.75, 3.05) is 5.32 Å². The Balaban J connectivity index is 2.52. The number of aromatic nitrogens is 1. The maximum Gasteiger partial charge on any atom is 0.258 e. The summed E-state index contributed by atoms with van der Waals surface area (Å²) < 4.78 is 14.7. The molecule has 1 amide bonds. The average Bonchev–Trinajstić information content (AvgIpc) is 2.59. The summed E-state index contributed by atoms with van der Waals surface area (Å²) in [5, 5.41) is 3.02. The van der Waals surface area contributed by atoms with Gasteiger partial charge in [-0.3, -0.25) is 9.78 Å². The predicted molar refractivity (Wildman–Crippen MR) is 113 cm³/mol. The molecule has 138 valence electrons. The third kappa shape index (κ3) is 4.14. The molecule has 0 saturated carbocycles. The van der Waals surface area contributed by atoms with Gasteiger partial charge in [-0.05, 0) is 84.5 Å².